The first-order valence-electron chi connectivity index (χ1n) is 6.49. The van der Waals surface area contributed by atoms with Gasteiger partial charge in [0.25, 0.3) is 0 Å². The Kier molecular flexibility index (Phi) is 3.39. The van der Waals surface area contributed by atoms with Crippen molar-refractivity contribution in [2.24, 2.45) is 0 Å². The van der Waals surface area contributed by atoms with Crippen molar-refractivity contribution in [1.29, 1.82) is 0 Å². The van der Waals surface area contributed by atoms with E-state index in [2.05, 4.69) is 32.2 Å². The summed E-state index contributed by atoms with van der Waals surface area (Å²) in [7, 11) is 1.66. The second-order valence-corrected chi connectivity index (χ2v) is 6.16. The SMILES string of the molecule is COc1ccc2c(c1)C(O)(CNC(C)(C)C)CC2. The van der Waals surface area contributed by atoms with E-state index in [4.69, 9.17) is 4.74 Å². The minimum atomic E-state index is -0.767. The Morgan fingerprint density at radius 1 is 1.39 bits per heavy atom. The van der Waals surface area contributed by atoms with E-state index in [1.807, 2.05) is 12.1 Å². The molecule has 0 fully saturated rings. The summed E-state index contributed by atoms with van der Waals surface area (Å²) in [6, 6.07) is 5.98. The van der Waals surface area contributed by atoms with E-state index in [-0.39, 0.29) is 5.54 Å². The maximum atomic E-state index is 10.8. The summed E-state index contributed by atoms with van der Waals surface area (Å²) in [4.78, 5) is 0. The molecular weight excluding hydrogens is 226 g/mol. The van der Waals surface area contributed by atoms with Gasteiger partial charge in [-0.25, -0.2) is 0 Å². The van der Waals surface area contributed by atoms with E-state index < -0.39 is 5.60 Å². The molecule has 0 heterocycles. The summed E-state index contributed by atoms with van der Waals surface area (Å²) in [5, 5.41) is 14.2. The van der Waals surface area contributed by atoms with E-state index in [1.165, 1.54) is 5.56 Å². The normalized spacial score (nSPS) is 22.9. The zero-order valence-electron chi connectivity index (χ0n) is 11.7. The fourth-order valence-corrected chi connectivity index (χ4v) is 2.40. The number of nitrogens with one attached hydrogen (secondary N) is 1. The first-order chi connectivity index (χ1) is 8.34. The van der Waals surface area contributed by atoms with Crippen LogP contribution in [0.3, 0.4) is 0 Å². The molecule has 3 nitrogen and oxygen atoms in total. The molecule has 1 aliphatic carbocycles. The van der Waals surface area contributed by atoms with Gasteiger partial charge in [-0.1, -0.05) is 6.07 Å². The lowest BCUT2D eigenvalue weighted by molar-refractivity contribution is 0.0324. The molecule has 2 rings (SSSR count). The maximum absolute atomic E-state index is 10.8. The van der Waals surface area contributed by atoms with Crippen LogP contribution in [-0.2, 0) is 12.0 Å². The van der Waals surface area contributed by atoms with Gasteiger partial charge in [0.1, 0.15) is 11.4 Å². The van der Waals surface area contributed by atoms with Gasteiger partial charge in [-0.05, 0) is 56.9 Å². The molecule has 0 saturated carbocycles. The van der Waals surface area contributed by atoms with Crippen LogP contribution >= 0.6 is 0 Å². The van der Waals surface area contributed by atoms with Crippen LogP contribution in [-0.4, -0.2) is 24.3 Å². The fraction of sp³-hybridized carbons (Fsp3) is 0.600. The molecule has 1 unspecified atom stereocenters. The molecule has 0 aromatic heterocycles. The third kappa shape index (κ3) is 2.68. The predicted octanol–water partition coefficient (Wildman–Crippen LogP) is 2.22. The fourth-order valence-electron chi connectivity index (χ4n) is 2.40. The minimum Gasteiger partial charge on any atom is -0.497 e. The second kappa shape index (κ2) is 4.56. The van der Waals surface area contributed by atoms with Gasteiger partial charge in [0.2, 0.25) is 0 Å². The third-order valence-electron chi connectivity index (χ3n) is 3.54. The highest BCUT2D eigenvalue weighted by molar-refractivity contribution is 5.43. The van der Waals surface area contributed by atoms with Crippen LogP contribution in [0.2, 0.25) is 0 Å². The van der Waals surface area contributed by atoms with E-state index in [0.29, 0.717) is 6.54 Å². The summed E-state index contributed by atoms with van der Waals surface area (Å²) in [5.41, 5.74) is 1.49. The Balaban J connectivity index is 2.23. The second-order valence-electron chi connectivity index (χ2n) is 6.16. The lowest BCUT2D eigenvalue weighted by atomic mass is 9.94. The van der Waals surface area contributed by atoms with E-state index >= 15 is 0 Å². The Labute approximate surface area is 109 Å². The highest BCUT2D eigenvalue weighted by atomic mass is 16.5. The number of hydrogen-bond donors (Lipinski definition) is 2. The minimum absolute atomic E-state index is 0.0113. The van der Waals surface area contributed by atoms with Crippen molar-refractivity contribution in [3.8, 4) is 5.75 Å². The van der Waals surface area contributed by atoms with Crippen molar-refractivity contribution in [2.45, 2.75) is 44.8 Å². The Hall–Kier alpha value is -1.06. The summed E-state index contributed by atoms with van der Waals surface area (Å²) in [6.45, 7) is 6.91. The van der Waals surface area contributed by atoms with E-state index in [9.17, 15) is 5.11 Å². The monoisotopic (exact) mass is 249 g/mol. The van der Waals surface area contributed by atoms with Crippen LogP contribution in [0, 0.1) is 0 Å². The number of rotatable bonds is 3. The maximum Gasteiger partial charge on any atom is 0.119 e. The van der Waals surface area contributed by atoms with Gasteiger partial charge in [0.05, 0.1) is 7.11 Å². The third-order valence-corrected chi connectivity index (χ3v) is 3.54. The van der Waals surface area contributed by atoms with E-state index in [1.54, 1.807) is 7.11 Å². The van der Waals surface area contributed by atoms with Gasteiger partial charge in [-0.15, -0.1) is 0 Å². The Morgan fingerprint density at radius 3 is 2.72 bits per heavy atom. The molecule has 0 aliphatic heterocycles. The largest absolute Gasteiger partial charge is 0.497 e. The molecular formula is C15H23NO2. The average molecular weight is 249 g/mol. The molecule has 3 heteroatoms. The van der Waals surface area contributed by atoms with Crippen molar-refractivity contribution in [2.75, 3.05) is 13.7 Å². The molecule has 0 amide bonds. The molecule has 0 radical (unpaired) electrons. The first kappa shape index (κ1) is 13.4. The van der Waals surface area contributed by atoms with Gasteiger partial charge in [-0.2, -0.15) is 0 Å². The average Bonchev–Trinajstić information content (AvgIpc) is 2.64. The molecule has 1 atom stereocenters. The molecule has 0 spiro atoms. The number of benzene rings is 1. The Bertz CT molecular complexity index is 437. The predicted molar refractivity (Wildman–Crippen MR) is 73.0 cm³/mol. The van der Waals surface area contributed by atoms with Crippen LogP contribution in [0.4, 0.5) is 0 Å². The highest BCUT2D eigenvalue weighted by Gasteiger charge is 2.37. The van der Waals surface area contributed by atoms with Crippen LogP contribution in [0.5, 0.6) is 5.75 Å². The number of ether oxygens (including phenoxy) is 1. The quantitative estimate of drug-likeness (QED) is 0.863. The zero-order chi connectivity index (χ0) is 13.4. The lowest BCUT2D eigenvalue weighted by Crippen LogP contribution is -2.45. The van der Waals surface area contributed by atoms with Gasteiger partial charge in [0, 0.05) is 12.1 Å². The molecule has 0 bridgehead atoms. The molecule has 1 aliphatic rings. The summed E-state index contributed by atoms with van der Waals surface area (Å²) in [5.74, 6) is 0.810. The highest BCUT2D eigenvalue weighted by Crippen LogP contribution is 2.38. The van der Waals surface area contributed by atoms with Gasteiger partial charge < -0.3 is 15.2 Å². The lowest BCUT2D eigenvalue weighted by Gasteiger charge is -2.30. The van der Waals surface area contributed by atoms with Crippen LogP contribution in [0.15, 0.2) is 18.2 Å². The first-order valence-corrected chi connectivity index (χ1v) is 6.49. The van der Waals surface area contributed by atoms with Crippen molar-refractivity contribution < 1.29 is 9.84 Å². The number of β-amino-alcohol motifs (C(OH)–C–C–N with tert-alkyl or cyclic N) is 1. The smallest absolute Gasteiger partial charge is 0.119 e. The number of hydrogen-bond acceptors (Lipinski definition) is 3. The molecule has 100 valence electrons. The summed E-state index contributed by atoms with van der Waals surface area (Å²) in [6.07, 6.45) is 1.71. The molecule has 1 aromatic carbocycles. The molecule has 0 saturated heterocycles. The molecule has 2 N–H and O–H groups in total. The van der Waals surface area contributed by atoms with Crippen LogP contribution in [0.25, 0.3) is 0 Å². The van der Waals surface area contributed by atoms with Crippen LogP contribution in [0.1, 0.15) is 38.3 Å². The Morgan fingerprint density at radius 2 is 2.11 bits per heavy atom. The van der Waals surface area contributed by atoms with Crippen molar-refractivity contribution >= 4 is 0 Å². The van der Waals surface area contributed by atoms with E-state index in [0.717, 1.165) is 24.2 Å². The summed E-state index contributed by atoms with van der Waals surface area (Å²) < 4.78 is 5.25. The number of aliphatic hydroxyl groups is 1. The number of fused-ring (bicyclic) bond motifs is 1. The van der Waals surface area contributed by atoms with Crippen molar-refractivity contribution in [1.82, 2.24) is 5.32 Å². The summed E-state index contributed by atoms with van der Waals surface area (Å²) >= 11 is 0. The molecule has 18 heavy (non-hydrogen) atoms. The van der Waals surface area contributed by atoms with Crippen molar-refractivity contribution in [3.05, 3.63) is 29.3 Å². The van der Waals surface area contributed by atoms with Crippen molar-refractivity contribution in [3.63, 3.8) is 0 Å². The number of methoxy groups -OCH3 is 1. The standard InChI is InChI=1S/C15H23NO2/c1-14(2,3)16-10-15(17)8-7-11-5-6-12(18-4)9-13(11)15/h5-6,9,16-17H,7-8,10H2,1-4H3. The van der Waals surface area contributed by atoms with Gasteiger partial charge >= 0.3 is 0 Å². The topological polar surface area (TPSA) is 41.5 Å². The van der Waals surface area contributed by atoms with Gasteiger partial charge in [0.15, 0.2) is 0 Å². The number of aryl methyl sites for hydroxylation is 1. The molecule has 1 aromatic rings. The van der Waals surface area contributed by atoms with Gasteiger partial charge in [-0.3, -0.25) is 0 Å². The zero-order valence-corrected chi connectivity index (χ0v) is 11.7. The van der Waals surface area contributed by atoms with Crippen LogP contribution < -0.4 is 10.1 Å².